The van der Waals surface area contributed by atoms with Gasteiger partial charge in [-0.3, -0.25) is 0 Å². The van der Waals surface area contributed by atoms with Gasteiger partial charge in [0.1, 0.15) is 0 Å². The van der Waals surface area contributed by atoms with Crippen molar-refractivity contribution in [3.8, 4) is 0 Å². The molecule has 0 aliphatic carbocycles. The highest BCUT2D eigenvalue weighted by molar-refractivity contribution is 4.67. The summed E-state index contributed by atoms with van der Waals surface area (Å²) in [6, 6.07) is 0.682. The lowest BCUT2D eigenvalue weighted by Crippen LogP contribution is -2.37. The van der Waals surface area contributed by atoms with Gasteiger partial charge in [0.15, 0.2) is 0 Å². The minimum atomic E-state index is 0.682. The molecule has 0 aliphatic rings. The van der Waals surface area contributed by atoms with E-state index in [1.807, 2.05) is 7.05 Å². The van der Waals surface area contributed by atoms with Gasteiger partial charge in [0.2, 0.25) is 0 Å². The first-order chi connectivity index (χ1) is 7.11. The van der Waals surface area contributed by atoms with Crippen LogP contribution in [-0.2, 0) is 0 Å². The predicted molar refractivity (Wildman–Crippen MR) is 69.3 cm³/mol. The predicted octanol–water partition coefficient (Wildman–Crippen LogP) is 2.74. The molecule has 0 saturated heterocycles. The zero-order valence-electron chi connectivity index (χ0n) is 11.3. The van der Waals surface area contributed by atoms with Crippen molar-refractivity contribution in [3.05, 3.63) is 0 Å². The molecule has 1 unspecified atom stereocenters. The fourth-order valence-corrected chi connectivity index (χ4v) is 1.94. The van der Waals surface area contributed by atoms with Gasteiger partial charge in [-0.15, -0.1) is 0 Å². The summed E-state index contributed by atoms with van der Waals surface area (Å²) in [5.41, 5.74) is 0. The minimum absolute atomic E-state index is 0.682. The molecule has 0 bridgehead atoms. The van der Waals surface area contributed by atoms with E-state index >= 15 is 0 Å². The Bertz CT molecular complexity index is 134. The van der Waals surface area contributed by atoms with Crippen LogP contribution in [0.25, 0.3) is 0 Å². The maximum atomic E-state index is 3.25. The third-order valence-corrected chi connectivity index (χ3v) is 2.88. The molecular weight excluding hydrogens is 184 g/mol. The van der Waals surface area contributed by atoms with E-state index < -0.39 is 0 Å². The third-order valence-electron chi connectivity index (χ3n) is 2.88. The lowest BCUT2D eigenvalue weighted by molar-refractivity contribution is 0.188. The van der Waals surface area contributed by atoms with Crippen molar-refractivity contribution >= 4 is 0 Å². The number of nitrogens with one attached hydrogen (secondary N) is 1. The molecule has 0 heterocycles. The zero-order chi connectivity index (χ0) is 11.7. The Labute approximate surface area is 96.4 Å². The molecule has 0 spiro atoms. The molecule has 0 rings (SSSR count). The van der Waals surface area contributed by atoms with Gasteiger partial charge < -0.3 is 10.2 Å². The van der Waals surface area contributed by atoms with E-state index in [-0.39, 0.29) is 0 Å². The van der Waals surface area contributed by atoms with Crippen LogP contribution in [0.15, 0.2) is 0 Å². The average Bonchev–Trinajstić information content (AvgIpc) is 2.16. The van der Waals surface area contributed by atoms with Crippen molar-refractivity contribution in [2.45, 2.75) is 53.0 Å². The van der Waals surface area contributed by atoms with Gasteiger partial charge >= 0.3 is 0 Å². The van der Waals surface area contributed by atoms with Crippen molar-refractivity contribution in [2.75, 3.05) is 26.7 Å². The van der Waals surface area contributed by atoms with Crippen molar-refractivity contribution in [1.82, 2.24) is 10.2 Å². The van der Waals surface area contributed by atoms with Crippen LogP contribution in [0.3, 0.4) is 0 Å². The van der Waals surface area contributed by atoms with Gasteiger partial charge in [-0.05, 0) is 46.3 Å². The number of rotatable bonds is 9. The first kappa shape index (κ1) is 14.9. The summed E-state index contributed by atoms with van der Waals surface area (Å²) >= 11 is 0. The molecule has 0 radical (unpaired) electrons. The Morgan fingerprint density at radius 2 is 1.80 bits per heavy atom. The topological polar surface area (TPSA) is 15.3 Å². The molecule has 15 heavy (non-hydrogen) atoms. The molecule has 0 amide bonds. The maximum absolute atomic E-state index is 3.25. The molecule has 92 valence electrons. The molecule has 0 aromatic rings. The van der Waals surface area contributed by atoms with Crippen molar-refractivity contribution in [3.63, 3.8) is 0 Å². The molecule has 0 saturated carbocycles. The van der Waals surface area contributed by atoms with Crippen molar-refractivity contribution < 1.29 is 0 Å². The zero-order valence-corrected chi connectivity index (χ0v) is 11.3. The van der Waals surface area contributed by atoms with Crippen LogP contribution < -0.4 is 5.32 Å². The lowest BCUT2D eigenvalue weighted by Gasteiger charge is -2.29. The smallest absolute Gasteiger partial charge is 0.00387 e. The molecule has 2 heteroatoms. The van der Waals surface area contributed by atoms with Gasteiger partial charge in [-0.2, -0.15) is 0 Å². The first-order valence-corrected chi connectivity index (χ1v) is 6.50. The van der Waals surface area contributed by atoms with Crippen LogP contribution in [0.1, 0.15) is 47.0 Å². The van der Waals surface area contributed by atoms with Crippen LogP contribution >= 0.6 is 0 Å². The lowest BCUT2D eigenvalue weighted by atomic mass is 10.1. The highest BCUT2D eigenvalue weighted by Crippen LogP contribution is 2.07. The van der Waals surface area contributed by atoms with Crippen LogP contribution in [0.4, 0.5) is 0 Å². The monoisotopic (exact) mass is 214 g/mol. The number of nitrogens with zero attached hydrogens (tertiary/aromatic N) is 1. The van der Waals surface area contributed by atoms with Gasteiger partial charge in [-0.25, -0.2) is 0 Å². The van der Waals surface area contributed by atoms with Crippen molar-refractivity contribution in [1.29, 1.82) is 0 Å². The Balaban J connectivity index is 3.82. The Morgan fingerprint density at radius 3 is 2.27 bits per heavy atom. The fourth-order valence-electron chi connectivity index (χ4n) is 1.94. The average molecular weight is 214 g/mol. The summed E-state index contributed by atoms with van der Waals surface area (Å²) in [4.78, 5) is 2.61. The van der Waals surface area contributed by atoms with Gasteiger partial charge in [0.05, 0.1) is 0 Å². The maximum Gasteiger partial charge on any atom is 0.00387 e. The highest BCUT2D eigenvalue weighted by atomic mass is 15.1. The summed E-state index contributed by atoms with van der Waals surface area (Å²) in [5.74, 6) is 0.749. The summed E-state index contributed by atoms with van der Waals surface area (Å²) in [5, 5.41) is 3.25. The molecule has 0 aromatic heterocycles. The van der Waals surface area contributed by atoms with Crippen molar-refractivity contribution in [2.24, 2.45) is 5.92 Å². The first-order valence-electron chi connectivity index (χ1n) is 6.50. The summed E-state index contributed by atoms with van der Waals surface area (Å²) in [6.07, 6.45) is 4.03. The molecular formula is C13H30N2. The largest absolute Gasteiger partial charge is 0.319 e. The number of hydrogen-bond donors (Lipinski definition) is 1. The molecule has 0 fully saturated rings. The van der Waals surface area contributed by atoms with Crippen LogP contribution in [0, 0.1) is 5.92 Å². The molecule has 1 N–H and O–H groups in total. The normalized spacial score (nSPS) is 13.8. The molecule has 1 atom stereocenters. The van der Waals surface area contributed by atoms with E-state index in [0.29, 0.717) is 6.04 Å². The Kier molecular flexibility index (Phi) is 9.12. The van der Waals surface area contributed by atoms with E-state index in [4.69, 9.17) is 0 Å². The van der Waals surface area contributed by atoms with Crippen LogP contribution in [0.2, 0.25) is 0 Å². The van der Waals surface area contributed by atoms with Gasteiger partial charge in [0, 0.05) is 12.6 Å². The van der Waals surface area contributed by atoms with E-state index in [1.165, 1.54) is 32.4 Å². The SMILES string of the molecule is CCCCCN(CC(C)CNC)C(C)C. The van der Waals surface area contributed by atoms with Gasteiger partial charge in [0.25, 0.3) is 0 Å². The highest BCUT2D eigenvalue weighted by Gasteiger charge is 2.12. The second-order valence-corrected chi connectivity index (χ2v) is 4.96. The van der Waals surface area contributed by atoms with Crippen LogP contribution in [0.5, 0.6) is 0 Å². The van der Waals surface area contributed by atoms with E-state index in [1.54, 1.807) is 0 Å². The van der Waals surface area contributed by atoms with Crippen LogP contribution in [-0.4, -0.2) is 37.6 Å². The standard InChI is InChI=1S/C13H30N2/c1-6-7-8-9-15(12(2)3)11-13(4)10-14-5/h12-14H,6-11H2,1-5H3. The fraction of sp³-hybridized carbons (Fsp3) is 1.00. The second kappa shape index (κ2) is 9.17. The number of hydrogen-bond acceptors (Lipinski definition) is 2. The summed E-state index contributed by atoms with van der Waals surface area (Å²) in [6.45, 7) is 12.8. The van der Waals surface area contributed by atoms with E-state index in [2.05, 4.69) is 37.9 Å². The molecule has 0 aromatic carbocycles. The molecule has 0 aliphatic heterocycles. The Morgan fingerprint density at radius 1 is 1.13 bits per heavy atom. The molecule has 2 nitrogen and oxygen atoms in total. The van der Waals surface area contributed by atoms with E-state index in [9.17, 15) is 0 Å². The quantitative estimate of drug-likeness (QED) is 0.594. The van der Waals surface area contributed by atoms with E-state index in [0.717, 1.165) is 12.5 Å². The third kappa shape index (κ3) is 7.80. The minimum Gasteiger partial charge on any atom is -0.319 e. The second-order valence-electron chi connectivity index (χ2n) is 4.96. The van der Waals surface area contributed by atoms with Gasteiger partial charge in [-0.1, -0.05) is 26.7 Å². The summed E-state index contributed by atoms with van der Waals surface area (Å²) < 4.78 is 0. The summed E-state index contributed by atoms with van der Waals surface area (Å²) in [7, 11) is 2.04. The Hall–Kier alpha value is -0.0800. The number of unbranched alkanes of at least 4 members (excludes halogenated alkanes) is 2.